The molecule has 0 fully saturated rings. The Labute approximate surface area is 614 Å². The highest BCUT2D eigenvalue weighted by Gasteiger charge is 2.16. The summed E-state index contributed by atoms with van der Waals surface area (Å²) >= 11 is 24.0. The van der Waals surface area contributed by atoms with Crippen LogP contribution in [0.2, 0.25) is 0 Å². The number of phenols is 1. The molecule has 0 atom stereocenters. The zero-order valence-corrected chi connectivity index (χ0v) is 59.1. The number of aromatic nitrogens is 6. The van der Waals surface area contributed by atoms with Crippen LogP contribution in [0.4, 0.5) is 62.0 Å². The molecule has 0 unspecified atom stereocenters. The summed E-state index contributed by atoms with van der Waals surface area (Å²) in [5.74, 6) is -4.28. The first-order valence-electron chi connectivity index (χ1n) is 28.6. The van der Waals surface area contributed by atoms with Crippen LogP contribution < -0.4 is 35.3 Å². The van der Waals surface area contributed by atoms with Gasteiger partial charge in [0.25, 0.3) is 23.0 Å². The number of thioether (sulfide) groups is 1. The van der Waals surface area contributed by atoms with Crippen molar-refractivity contribution in [3.05, 3.63) is 191 Å². The van der Waals surface area contributed by atoms with Crippen molar-refractivity contribution in [3.63, 3.8) is 0 Å². The van der Waals surface area contributed by atoms with Crippen molar-refractivity contribution in [2.45, 2.75) is 19.0 Å². The first-order chi connectivity index (χ1) is 49.1. The van der Waals surface area contributed by atoms with E-state index in [0.717, 1.165) is 59.1 Å². The average Bonchev–Trinajstić information content (AvgIpc) is 1.68. The number of halogens is 9. The van der Waals surface area contributed by atoms with E-state index in [4.69, 9.17) is 115 Å². The van der Waals surface area contributed by atoms with Crippen LogP contribution in [0, 0.1) is 81.1 Å². The number of ether oxygens (including phenoxy) is 4. The first kappa shape index (κ1) is 89.0. The van der Waals surface area contributed by atoms with Gasteiger partial charge < -0.3 is 90.6 Å². The molecule has 41 heteroatoms. The van der Waals surface area contributed by atoms with Gasteiger partial charge in [0, 0.05) is 63.9 Å². The number of nitro benzene ring substituents is 2. The predicted molar refractivity (Wildman–Crippen MR) is 380 cm³/mol. The topological polar surface area (TPSA) is 441 Å². The molecule has 4 heterocycles. The number of nitrogen functional groups attached to an aromatic ring is 1. The lowest BCUT2D eigenvalue weighted by atomic mass is 10.2. The molecule has 0 saturated heterocycles. The molecule has 103 heavy (non-hydrogen) atoms. The fourth-order valence-corrected chi connectivity index (χ4v) is 7.94. The summed E-state index contributed by atoms with van der Waals surface area (Å²) in [6.07, 6.45) is 3.15. The number of fused-ring (bicyclic) bond motifs is 2. The maximum atomic E-state index is 13.6. The molecule has 0 radical (unpaired) electrons. The Bertz CT molecular complexity index is 4410. The van der Waals surface area contributed by atoms with Gasteiger partial charge >= 0.3 is 0 Å². The Kier molecular flexibility index (Phi) is 42.1. The molecule has 9 aromatic rings. The molecule has 0 aliphatic carbocycles. The number of aromatic amines is 3. The third kappa shape index (κ3) is 32.6. The molecule has 0 bridgehead atoms. The number of benzene rings is 5. The van der Waals surface area contributed by atoms with Crippen LogP contribution in [0.3, 0.4) is 0 Å². The predicted octanol–water partition coefficient (Wildman–Crippen LogP) is 11.6. The van der Waals surface area contributed by atoms with Gasteiger partial charge in [-0.2, -0.15) is 0 Å². The van der Waals surface area contributed by atoms with Crippen LogP contribution in [-0.2, 0) is 14.4 Å². The zero-order valence-electron chi connectivity index (χ0n) is 53.6. The number of carbonyl (C=O) groups is 3. The van der Waals surface area contributed by atoms with Crippen molar-refractivity contribution in [2.24, 2.45) is 0 Å². The molecule has 552 valence electrons. The van der Waals surface area contributed by atoms with Crippen molar-refractivity contribution >= 4 is 154 Å². The summed E-state index contributed by atoms with van der Waals surface area (Å²) in [7, 11) is 0. The number of nitrogens with zero attached hydrogens (tertiary/aromatic N) is 7. The molecule has 4 aromatic heterocycles. The molecule has 0 spiro atoms. The quantitative estimate of drug-likeness (QED) is 0.00345. The van der Waals surface area contributed by atoms with Gasteiger partial charge in [-0.25, -0.2) is 26.9 Å². The van der Waals surface area contributed by atoms with Gasteiger partial charge in [0.05, 0.1) is 77.7 Å². The van der Waals surface area contributed by atoms with E-state index in [1.807, 2.05) is 6.92 Å². The summed E-state index contributed by atoms with van der Waals surface area (Å²) in [6, 6.07) is 17.4. The van der Waals surface area contributed by atoms with E-state index in [9.17, 15) is 56.6 Å². The summed E-state index contributed by atoms with van der Waals surface area (Å²) < 4.78 is 85.0. The number of rotatable bonds is 22. The van der Waals surface area contributed by atoms with Crippen LogP contribution in [0.1, 0.15) is 11.1 Å². The number of imidazole rings is 2. The van der Waals surface area contributed by atoms with Gasteiger partial charge in [-0.1, -0.05) is 40.8 Å². The molecule has 9 rings (SSSR count). The van der Waals surface area contributed by atoms with Gasteiger partial charge in [0.2, 0.25) is 17.1 Å². The number of non-ortho nitro benzene ring substituents is 2. The standard InChI is InChI=1S/C18H16FN5O3S.C10H11ClFNO3.C8H8FNO4.C8H10FNO2.C8H6N4S.C6H4FNO3.C2H5BrO.C2H2Cl2O/c1-10-16-13(8-21-17(10)20-2)23-18(24-16)28-9-15(26)22-11-3-4-12(19)14(7-11)27-6-5-25;11-6-10(15)13-7-1-2-8(12)9(5-7)16-4-3-14;9-7-2-1-6(10(12)13)5-8(7)14-4-3-11;9-7-2-1-6(10)5-8(7)12-4-3-11;1-4-6-5(11-8(13)12-6)3-10-7(4)9-2;7-5-2-1-4(8(10)11)3-6(5)9;3-1-2-4;3-1-2(4)5/h3-4,7-8,25H,5-6,9H2,1H3,(H,22,26)(H,23,24);1-2,5,14H,3-4,6H2,(H,13,15);1-2,5,11H,3-4H2;1-2,5,11H,3-4,10H2;3H,1H3,(H2,11,12,13);1-3,9H;4H,1-2H2;1H2. The molecule has 5 aromatic carbocycles. The van der Waals surface area contributed by atoms with Crippen molar-refractivity contribution in [2.75, 3.05) is 98.7 Å². The lowest BCUT2D eigenvalue weighted by Crippen LogP contribution is -2.14. The Balaban J connectivity index is 0.000000423. The number of anilines is 3. The number of aliphatic hydroxyl groups excluding tert-OH is 5. The number of carbonyl (C=O) groups excluding carboxylic acids is 3. The third-order valence-electron chi connectivity index (χ3n) is 11.4. The second kappa shape index (κ2) is 48.7. The fourth-order valence-electron chi connectivity index (χ4n) is 6.98. The van der Waals surface area contributed by atoms with Gasteiger partial charge in [0.15, 0.2) is 67.8 Å². The SMILES string of the molecule is Nc1ccc(F)c(OCCO)c1.O=C(CCl)Nc1ccc(F)c(OCCO)c1.O=C(Cl)CCl.O=[N+]([O-])c1ccc(F)c(O)c1.O=[N+]([O-])c1ccc(F)c(OCCO)c1.OCCBr.[C-]#[N+]c1ncc2[nH]c(=S)[nH]c2c1C.[C-]#[N+]c1ncc2[nH]c(SCC(=O)Nc3ccc(F)c(OCCO)c3)nc2c1C. The highest BCUT2D eigenvalue weighted by Crippen LogP contribution is 2.29. The van der Waals surface area contributed by atoms with E-state index in [2.05, 4.69) is 66.2 Å². The van der Waals surface area contributed by atoms with Crippen LogP contribution in [0.15, 0.2) is 109 Å². The molecule has 0 aliphatic rings. The van der Waals surface area contributed by atoms with Crippen molar-refractivity contribution in [3.8, 4) is 28.7 Å². The normalized spacial score (nSPS) is 9.88. The number of nitro groups is 2. The van der Waals surface area contributed by atoms with Crippen LogP contribution in [-0.4, -0.2) is 170 Å². The van der Waals surface area contributed by atoms with Gasteiger partial charge in [-0.3, -0.25) is 34.6 Å². The number of H-pyrrole nitrogens is 3. The minimum atomic E-state index is -0.865. The number of hydrogen-bond acceptors (Lipinski definition) is 23. The number of alkyl halides is 3. The van der Waals surface area contributed by atoms with E-state index in [1.165, 1.54) is 60.3 Å². The molecule has 2 amide bonds. The second-order valence-corrected chi connectivity index (χ2v) is 21.9. The number of hydrogen-bond donors (Lipinski definition) is 12. The van der Waals surface area contributed by atoms with Gasteiger partial charge in [-0.05, 0) is 86.2 Å². The van der Waals surface area contributed by atoms with E-state index < -0.39 is 49.9 Å². The zero-order chi connectivity index (χ0) is 77.1. The van der Waals surface area contributed by atoms with E-state index >= 15 is 0 Å². The largest absolute Gasteiger partial charge is 0.505 e. The maximum Gasteiger partial charge on any atom is 0.274 e. The number of phenolic OH excluding ortho intramolecular Hbond substituents is 1. The molecule has 30 nitrogen and oxygen atoms in total. The summed E-state index contributed by atoms with van der Waals surface area (Å²) in [5.41, 5.74) is 10.6. The van der Waals surface area contributed by atoms with Gasteiger partial charge in [-0.15, -0.1) is 33.2 Å². The Hall–Kier alpha value is -10.1. The molecule has 0 aliphatic heterocycles. The Morgan fingerprint density at radius 2 is 1.05 bits per heavy atom. The monoisotopic (exact) mass is 1600 g/mol. The number of aryl methyl sites for hydroxylation is 2. The van der Waals surface area contributed by atoms with E-state index in [0.29, 0.717) is 60.6 Å². The number of pyridine rings is 2. The Morgan fingerprint density at radius 3 is 1.49 bits per heavy atom. The Morgan fingerprint density at radius 1 is 0.631 bits per heavy atom. The van der Waals surface area contributed by atoms with Crippen LogP contribution >= 0.6 is 74.7 Å². The molecule has 0 saturated carbocycles. The van der Waals surface area contributed by atoms with Crippen LogP contribution in [0.25, 0.3) is 31.8 Å². The molecular formula is C62H62BrCl3F5N13O17S2. The highest BCUT2D eigenvalue weighted by molar-refractivity contribution is 9.09. The number of amides is 2. The van der Waals surface area contributed by atoms with Crippen molar-refractivity contribution in [1.82, 2.24) is 29.9 Å². The van der Waals surface area contributed by atoms with E-state index in [-0.39, 0.29) is 123 Å². The lowest BCUT2D eigenvalue weighted by molar-refractivity contribution is -0.385. The van der Waals surface area contributed by atoms with Crippen LogP contribution in [0.5, 0.6) is 28.7 Å². The van der Waals surface area contributed by atoms with E-state index in [1.54, 1.807) is 19.3 Å². The summed E-state index contributed by atoms with van der Waals surface area (Å²) in [4.78, 5) is 79.7. The highest BCUT2D eigenvalue weighted by atomic mass is 79.9. The average molecular weight is 1610 g/mol. The van der Waals surface area contributed by atoms with Gasteiger partial charge in [0.1, 0.15) is 55.7 Å². The molecular weight excluding hydrogens is 1540 g/mol. The smallest absolute Gasteiger partial charge is 0.274 e. The number of aliphatic hydroxyl groups is 5. The number of nitrogens with two attached hydrogens (primary N) is 1. The minimum Gasteiger partial charge on any atom is -0.505 e. The number of nitrogens with one attached hydrogen (secondary N) is 5. The second-order valence-electron chi connectivity index (χ2n) is 18.8. The fraction of sp³-hybridized carbons (Fsp3) is 0.242. The third-order valence-corrected chi connectivity index (χ3v) is 13.6. The minimum absolute atomic E-state index is 0.0101. The molecule has 13 N–H and O–H groups in total. The number of aromatic hydroxyl groups is 1. The van der Waals surface area contributed by atoms with Crippen molar-refractivity contribution in [1.29, 1.82) is 0 Å². The van der Waals surface area contributed by atoms with Crippen molar-refractivity contribution < 1.29 is 95.8 Å². The first-order valence-corrected chi connectivity index (χ1v) is 32.6. The lowest BCUT2D eigenvalue weighted by Gasteiger charge is -2.09. The maximum absolute atomic E-state index is 13.6. The summed E-state index contributed by atoms with van der Waals surface area (Å²) in [6.45, 7) is 16.9. The summed E-state index contributed by atoms with van der Waals surface area (Å²) in [5, 5.41) is 76.8.